The number of thioether (sulfide) groups is 1. The molecule has 108 valence electrons. The van der Waals surface area contributed by atoms with E-state index in [0.29, 0.717) is 24.0 Å². The molecule has 1 aliphatic carbocycles. The van der Waals surface area contributed by atoms with Gasteiger partial charge in [0.05, 0.1) is 9.87 Å². The van der Waals surface area contributed by atoms with E-state index in [1.54, 1.807) is 11.3 Å². The maximum Gasteiger partial charge on any atom is 0.264 e. The van der Waals surface area contributed by atoms with Crippen LogP contribution in [0.15, 0.2) is 6.07 Å². The lowest BCUT2D eigenvalue weighted by Crippen LogP contribution is -2.35. The number of hydrogen-bond acceptors (Lipinski definition) is 4. The Balaban J connectivity index is 1.75. The second kappa shape index (κ2) is 6.03. The molecule has 2 aliphatic rings. The zero-order valence-corrected chi connectivity index (χ0v) is 13.7. The number of thiophene rings is 1. The highest BCUT2D eigenvalue weighted by atomic mass is 32.2. The number of nitrogens with zero attached hydrogens (tertiary/aromatic N) is 1. The van der Waals surface area contributed by atoms with E-state index in [1.807, 2.05) is 16.7 Å². The first-order chi connectivity index (χ1) is 9.65. The molecule has 0 radical (unpaired) electrons. The molecule has 0 bridgehead atoms. The normalized spacial score (nSPS) is 17.6. The van der Waals surface area contributed by atoms with Gasteiger partial charge in [0.15, 0.2) is 0 Å². The van der Waals surface area contributed by atoms with Gasteiger partial charge in [-0.3, -0.25) is 4.79 Å². The lowest BCUT2D eigenvalue weighted by molar-refractivity contribution is 0.0753. The van der Waals surface area contributed by atoms with Crippen molar-refractivity contribution in [1.82, 2.24) is 4.90 Å². The summed E-state index contributed by atoms with van der Waals surface area (Å²) in [6, 6.07) is 2.51. The van der Waals surface area contributed by atoms with Crippen molar-refractivity contribution in [3.05, 3.63) is 21.4 Å². The van der Waals surface area contributed by atoms with E-state index < -0.39 is 0 Å². The van der Waals surface area contributed by atoms with Crippen molar-refractivity contribution >= 4 is 46.2 Å². The Kier molecular flexibility index (Phi) is 4.33. The highest BCUT2D eigenvalue weighted by Crippen LogP contribution is 2.34. The summed E-state index contributed by atoms with van der Waals surface area (Å²) >= 11 is 8.57. The fourth-order valence-electron chi connectivity index (χ4n) is 2.46. The van der Waals surface area contributed by atoms with Crippen molar-refractivity contribution in [2.75, 3.05) is 12.3 Å². The smallest absolute Gasteiger partial charge is 0.264 e. The van der Waals surface area contributed by atoms with Crippen molar-refractivity contribution in [3.8, 4) is 0 Å². The molecule has 1 aromatic heterocycles. The number of carbonyl (C=O) groups excluding carboxylic acids is 1. The molecular weight excluding hydrogens is 308 g/mol. The van der Waals surface area contributed by atoms with Gasteiger partial charge in [0.2, 0.25) is 0 Å². The molecule has 1 fully saturated rings. The number of amides is 1. The maximum absolute atomic E-state index is 12.7. The number of carbonyl (C=O) groups is 1. The van der Waals surface area contributed by atoms with Crippen LogP contribution in [0.4, 0.5) is 0 Å². The Bertz CT molecular complexity index is 513. The summed E-state index contributed by atoms with van der Waals surface area (Å²) in [4.78, 5) is 17.5. The van der Waals surface area contributed by atoms with Gasteiger partial charge in [0, 0.05) is 29.6 Å². The van der Waals surface area contributed by atoms with E-state index in [-0.39, 0.29) is 5.91 Å². The quantitative estimate of drug-likeness (QED) is 0.845. The minimum absolute atomic E-state index is 0.174. The first kappa shape index (κ1) is 14.4. The number of thiocarbonyl (C=S) groups is 1. The second-order valence-corrected chi connectivity index (χ2v) is 8.07. The SMILES string of the molecule is NC(=S)CCN(C(=O)c1cc2c(s1)CCSC2)C1CC1. The van der Waals surface area contributed by atoms with E-state index in [9.17, 15) is 4.79 Å². The molecule has 0 aromatic carbocycles. The van der Waals surface area contributed by atoms with Gasteiger partial charge in [-0.25, -0.2) is 0 Å². The molecule has 1 amide bonds. The molecule has 0 unspecified atom stereocenters. The predicted molar refractivity (Wildman–Crippen MR) is 89.6 cm³/mol. The number of fused-ring (bicyclic) bond motifs is 1. The molecule has 1 aliphatic heterocycles. The summed E-state index contributed by atoms with van der Waals surface area (Å²) in [5.74, 6) is 2.40. The maximum atomic E-state index is 12.7. The van der Waals surface area contributed by atoms with Gasteiger partial charge in [0.1, 0.15) is 0 Å². The van der Waals surface area contributed by atoms with Crippen molar-refractivity contribution < 1.29 is 4.79 Å². The van der Waals surface area contributed by atoms with Crippen LogP contribution >= 0.6 is 35.3 Å². The predicted octanol–water partition coefficient (Wildman–Crippen LogP) is 2.82. The molecule has 3 rings (SSSR count). The summed E-state index contributed by atoms with van der Waals surface area (Å²) in [5.41, 5.74) is 6.93. The molecule has 3 nitrogen and oxygen atoms in total. The fourth-order valence-corrected chi connectivity index (χ4v) is 4.88. The van der Waals surface area contributed by atoms with Gasteiger partial charge in [-0.2, -0.15) is 11.8 Å². The monoisotopic (exact) mass is 326 g/mol. The molecule has 2 heterocycles. The largest absolute Gasteiger partial charge is 0.393 e. The summed E-state index contributed by atoms with van der Waals surface area (Å²) < 4.78 is 0. The van der Waals surface area contributed by atoms with E-state index >= 15 is 0 Å². The lowest BCUT2D eigenvalue weighted by atomic mass is 10.2. The molecule has 1 saturated carbocycles. The minimum atomic E-state index is 0.174. The first-order valence-electron chi connectivity index (χ1n) is 6.94. The number of rotatable bonds is 5. The standard InChI is InChI=1S/C14H18N2OS3/c15-13(18)3-5-16(10-1-2-10)14(17)12-7-9-8-19-6-4-11(9)20-12/h7,10H,1-6,8H2,(H2,15,18). The number of aryl methyl sites for hydroxylation is 1. The van der Waals surface area contributed by atoms with Crippen LogP contribution in [0.1, 0.15) is 39.4 Å². The van der Waals surface area contributed by atoms with Gasteiger partial charge >= 0.3 is 0 Å². The third-order valence-electron chi connectivity index (χ3n) is 3.69. The molecule has 0 atom stereocenters. The van der Waals surface area contributed by atoms with Crippen LogP contribution in [0, 0.1) is 0 Å². The van der Waals surface area contributed by atoms with Crippen LogP contribution in [-0.2, 0) is 12.2 Å². The molecular formula is C14H18N2OS3. The molecule has 2 N–H and O–H groups in total. The average Bonchev–Trinajstić information content (AvgIpc) is 3.16. The van der Waals surface area contributed by atoms with Gasteiger partial charge in [-0.15, -0.1) is 11.3 Å². The third kappa shape index (κ3) is 3.18. The second-order valence-electron chi connectivity index (χ2n) is 5.31. The van der Waals surface area contributed by atoms with Crippen molar-refractivity contribution in [3.63, 3.8) is 0 Å². The fraction of sp³-hybridized carbons (Fsp3) is 0.571. The Morgan fingerprint density at radius 3 is 2.95 bits per heavy atom. The summed E-state index contributed by atoms with van der Waals surface area (Å²) in [5, 5.41) is 0. The molecule has 6 heteroatoms. The van der Waals surface area contributed by atoms with Gasteiger partial charge in [0.25, 0.3) is 5.91 Å². The van der Waals surface area contributed by atoms with Gasteiger partial charge in [-0.05, 0) is 36.6 Å². The van der Waals surface area contributed by atoms with Crippen molar-refractivity contribution in [2.24, 2.45) is 5.73 Å². The van der Waals surface area contributed by atoms with E-state index in [0.717, 1.165) is 29.9 Å². The summed E-state index contributed by atoms with van der Waals surface area (Å²) in [7, 11) is 0. The summed E-state index contributed by atoms with van der Waals surface area (Å²) in [6.45, 7) is 0.663. The Labute approximate surface area is 132 Å². The number of hydrogen-bond donors (Lipinski definition) is 1. The van der Waals surface area contributed by atoms with Crippen molar-refractivity contribution in [1.29, 1.82) is 0 Å². The van der Waals surface area contributed by atoms with Gasteiger partial charge in [-0.1, -0.05) is 12.2 Å². The highest BCUT2D eigenvalue weighted by Gasteiger charge is 2.33. The Morgan fingerprint density at radius 1 is 1.50 bits per heavy atom. The lowest BCUT2D eigenvalue weighted by Gasteiger charge is -2.21. The highest BCUT2D eigenvalue weighted by molar-refractivity contribution is 7.98. The molecule has 1 aromatic rings. The first-order valence-corrected chi connectivity index (χ1v) is 9.31. The van der Waals surface area contributed by atoms with Crippen LogP contribution in [0.3, 0.4) is 0 Å². The van der Waals surface area contributed by atoms with Crippen LogP contribution in [0.5, 0.6) is 0 Å². The zero-order valence-electron chi connectivity index (χ0n) is 11.3. The average molecular weight is 327 g/mol. The van der Waals surface area contributed by atoms with E-state index in [2.05, 4.69) is 6.07 Å². The van der Waals surface area contributed by atoms with E-state index in [4.69, 9.17) is 18.0 Å². The minimum Gasteiger partial charge on any atom is -0.393 e. The van der Waals surface area contributed by atoms with Crippen LogP contribution in [0.25, 0.3) is 0 Å². The number of nitrogens with two attached hydrogens (primary N) is 1. The molecule has 20 heavy (non-hydrogen) atoms. The van der Waals surface area contributed by atoms with Crippen molar-refractivity contribution in [2.45, 2.75) is 37.5 Å². The van der Waals surface area contributed by atoms with E-state index in [1.165, 1.54) is 16.2 Å². The third-order valence-corrected chi connectivity index (χ3v) is 6.12. The van der Waals surface area contributed by atoms with Crippen LogP contribution in [-0.4, -0.2) is 34.1 Å². The van der Waals surface area contributed by atoms with Crippen LogP contribution < -0.4 is 5.73 Å². The summed E-state index contributed by atoms with van der Waals surface area (Å²) in [6.07, 6.45) is 3.96. The molecule has 0 saturated heterocycles. The Hall–Kier alpha value is -0.590. The van der Waals surface area contributed by atoms with Crippen LogP contribution in [0.2, 0.25) is 0 Å². The van der Waals surface area contributed by atoms with Gasteiger partial charge < -0.3 is 10.6 Å². The Morgan fingerprint density at radius 2 is 2.30 bits per heavy atom. The molecule has 0 spiro atoms. The topological polar surface area (TPSA) is 46.3 Å². The zero-order chi connectivity index (χ0) is 14.1.